The second-order valence-corrected chi connectivity index (χ2v) is 8.18. The monoisotopic (exact) mass is 413 g/mol. The van der Waals surface area contributed by atoms with Crippen LogP contribution in [-0.4, -0.2) is 34.9 Å². The van der Waals surface area contributed by atoms with Crippen LogP contribution in [0.1, 0.15) is 36.3 Å². The molecule has 3 heterocycles. The Kier molecular flexibility index (Phi) is 8.85. The molecule has 3 rings (SSSR count). The van der Waals surface area contributed by atoms with E-state index in [-0.39, 0.29) is 24.4 Å². The molecule has 1 N–H and O–H groups in total. The quantitative estimate of drug-likeness (QED) is 0.766. The lowest BCUT2D eigenvalue weighted by Gasteiger charge is -2.31. The molecule has 1 amide bonds. The van der Waals surface area contributed by atoms with Crippen LogP contribution in [0.5, 0.6) is 0 Å². The number of thiophene rings is 1. The van der Waals surface area contributed by atoms with Crippen LogP contribution in [0, 0.1) is 0 Å². The maximum Gasteiger partial charge on any atom is 0.223 e. The highest BCUT2D eigenvalue weighted by Gasteiger charge is 2.25. The topological polar surface area (TPSA) is 45.2 Å². The maximum atomic E-state index is 13.0. The number of rotatable bonds is 6. The number of nitrogens with one attached hydrogen (secondary N) is 1. The number of amides is 1. The molecule has 1 aliphatic rings. The molecule has 0 aromatic carbocycles. The fourth-order valence-electron chi connectivity index (χ4n) is 3.26. The fraction of sp³-hybridized carbons (Fsp3) is 0.474. The van der Waals surface area contributed by atoms with Gasteiger partial charge < -0.3 is 10.2 Å². The molecule has 7 heteroatoms. The van der Waals surface area contributed by atoms with Gasteiger partial charge in [0.05, 0.1) is 16.6 Å². The van der Waals surface area contributed by atoms with Crippen molar-refractivity contribution in [2.24, 2.45) is 0 Å². The van der Waals surface area contributed by atoms with Crippen molar-refractivity contribution in [3.8, 4) is 0 Å². The number of carbonyl (C=O) groups is 1. The van der Waals surface area contributed by atoms with E-state index in [4.69, 9.17) is 11.6 Å². The molecule has 2 aromatic heterocycles. The van der Waals surface area contributed by atoms with Crippen LogP contribution in [-0.2, 0) is 17.8 Å². The van der Waals surface area contributed by atoms with Gasteiger partial charge in [0.15, 0.2) is 0 Å². The largest absolute Gasteiger partial charge is 0.334 e. The van der Waals surface area contributed by atoms with Crippen molar-refractivity contribution in [2.45, 2.75) is 44.7 Å². The van der Waals surface area contributed by atoms with Crippen molar-refractivity contribution in [1.29, 1.82) is 0 Å². The van der Waals surface area contributed by atoms with Gasteiger partial charge >= 0.3 is 0 Å². The van der Waals surface area contributed by atoms with Gasteiger partial charge in [-0.15, -0.1) is 23.7 Å². The molecule has 1 fully saturated rings. The number of hydrogen-bond acceptors (Lipinski definition) is 4. The summed E-state index contributed by atoms with van der Waals surface area (Å²) in [6, 6.07) is 10.1. The molecule has 0 saturated carbocycles. The first kappa shape index (κ1) is 21.2. The van der Waals surface area contributed by atoms with E-state index in [0.29, 0.717) is 13.0 Å². The lowest BCUT2D eigenvalue weighted by atomic mass is 10.1. The van der Waals surface area contributed by atoms with Crippen molar-refractivity contribution in [3.05, 3.63) is 51.4 Å². The molecular weight excluding hydrogens is 389 g/mol. The Balaban J connectivity index is 0.00000243. The fourth-order valence-corrected chi connectivity index (χ4v) is 4.35. The summed E-state index contributed by atoms with van der Waals surface area (Å²) in [6.07, 6.45) is 6.23. The Morgan fingerprint density at radius 1 is 1.27 bits per heavy atom. The lowest BCUT2D eigenvalue weighted by Crippen LogP contribution is -2.40. The van der Waals surface area contributed by atoms with Crippen molar-refractivity contribution in [2.75, 3.05) is 13.1 Å². The predicted octanol–water partition coefficient (Wildman–Crippen LogP) is 4.32. The van der Waals surface area contributed by atoms with Gasteiger partial charge in [0.1, 0.15) is 0 Å². The molecule has 0 bridgehead atoms. The summed E-state index contributed by atoms with van der Waals surface area (Å²) in [5.41, 5.74) is 0.951. The number of hydrogen-bond donors (Lipinski definition) is 1. The van der Waals surface area contributed by atoms with Crippen LogP contribution in [0.3, 0.4) is 0 Å². The average molecular weight is 414 g/mol. The lowest BCUT2D eigenvalue weighted by molar-refractivity contribution is -0.134. The van der Waals surface area contributed by atoms with Gasteiger partial charge in [0.2, 0.25) is 5.91 Å². The van der Waals surface area contributed by atoms with Crippen molar-refractivity contribution in [1.82, 2.24) is 15.2 Å². The molecule has 0 radical (unpaired) electrons. The van der Waals surface area contributed by atoms with Gasteiger partial charge in [0.25, 0.3) is 0 Å². The summed E-state index contributed by atoms with van der Waals surface area (Å²) < 4.78 is 0.780. The first-order valence-corrected chi connectivity index (χ1v) is 10.1. The second-order valence-electron chi connectivity index (χ2n) is 6.38. The third-order valence-corrected chi connectivity index (χ3v) is 5.87. The van der Waals surface area contributed by atoms with Gasteiger partial charge in [-0.1, -0.05) is 17.7 Å². The third kappa shape index (κ3) is 6.23. The molecule has 1 unspecified atom stereocenters. The van der Waals surface area contributed by atoms with E-state index in [9.17, 15) is 4.79 Å². The van der Waals surface area contributed by atoms with Crippen LogP contribution in [0.4, 0.5) is 0 Å². The number of aromatic nitrogens is 1. The highest BCUT2D eigenvalue weighted by Crippen LogP contribution is 2.24. The van der Waals surface area contributed by atoms with E-state index >= 15 is 0 Å². The number of halogens is 2. The minimum atomic E-state index is 0. The van der Waals surface area contributed by atoms with Gasteiger partial charge in [-0.2, -0.15) is 0 Å². The van der Waals surface area contributed by atoms with Crippen molar-refractivity contribution in [3.63, 3.8) is 0 Å². The van der Waals surface area contributed by atoms with Gasteiger partial charge in [0, 0.05) is 23.5 Å². The number of pyridine rings is 1. The van der Waals surface area contributed by atoms with E-state index in [0.717, 1.165) is 48.8 Å². The van der Waals surface area contributed by atoms with Gasteiger partial charge in [-0.3, -0.25) is 9.78 Å². The third-order valence-electron chi connectivity index (χ3n) is 4.58. The minimum absolute atomic E-state index is 0. The van der Waals surface area contributed by atoms with E-state index in [1.165, 1.54) is 4.88 Å². The zero-order chi connectivity index (χ0) is 17.5. The minimum Gasteiger partial charge on any atom is -0.334 e. The summed E-state index contributed by atoms with van der Waals surface area (Å²) in [5.74, 6) is 0.210. The Hall–Kier alpha value is -1.14. The highest BCUT2D eigenvalue weighted by atomic mass is 35.5. The van der Waals surface area contributed by atoms with Crippen LogP contribution in [0.25, 0.3) is 0 Å². The molecule has 0 aliphatic carbocycles. The average Bonchev–Trinajstić information content (AvgIpc) is 2.87. The van der Waals surface area contributed by atoms with Gasteiger partial charge in [-0.05, 0) is 63.0 Å². The Morgan fingerprint density at radius 3 is 2.88 bits per heavy atom. The van der Waals surface area contributed by atoms with Gasteiger partial charge in [-0.25, -0.2) is 0 Å². The van der Waals surface area contributed by atoms with Crippen LogP contribution < -0.4 is 5.32 Å². The van der Waals surface area contributed by atoms with Crippen LogP contribution in [0.2, 0.25) is 4.34 Å². The smallest absolute Gasteiger partial charge is 0.223 e. The summed E-state index contributed by atoms with van der Waals surface area (Å²) in [6.45, 7) is 2.60. The Labute approximate surface area is 170 Å². The second kappa shape index (κ2) is 10.9. The molecule has 142 valence electrons. The SMILES string of the molecule is Cl.O=C(CCc1ccc(Cl)s1)N(Cc1ccccn1)C1CCCNCC1. The molecule has 1 aliphatic heterocycles. The first-order valence-electron chi connectivity index (χ1n) is 8.86. The standard InChI is InChI=1S/C19H24ClN3OS.ClH/c20-18-8-6-17(25-18)7-9-19(24)23(14-15-4-1-2-12-22-15)16-5-3-11-21-13-10-16;/h1-2,4,6,8,12,16,21H,3,5,7,9-11,13-14H2;1H. The van der Waals surface area contributed by atoms with Crippen LogP contribution >= 0.6 is 35.3 Å². The summed E-state index contributed by atoms with van der Waals surface area (Å²) in [5, 5.41) is 3.43. The van der Waals surface area contributed by atoms with E-state index < -0.39 is 0 Å². The Bertz CT molecular complexity index is 672. The molecule has 4 nitrogen and oxygen atoms in total. The number of aryl methyl sites for hydroxylation is 1. The van der Waals surface area contributed by atoms with Crippen molar-refractivity contribution >= 4 is 41.3 Å². The highest BCUT2D eigenvalue weighted by molar-refractivity contribution is 7.16. The number of carbonyl (C=O) groups excluding carboxylic acids is 1. The molecule has 26 heavy (non-hydrogen) atoms. The van der Waals surface area contributed by atoms with E-state index in [2.05, 4.69) is 10.3 Å². The summed E-state index contributed by atoms with van der Waals surface area (Å²) >= 11 is 7.55. The van der Waals surface area contributed by atoms with Crippen molar-refractivity contribution < 1.29 is 4.79 Å². The zero-order valence-electron chi connectivity index (χ0n) is 14.7. The molecule has 1 saturated heterocycles. The first-order chi connectivity index (χ1) is 12.2. The maximum absolute atomic E-state index is 13.0. The molecular formula is C19H25Cl2N3OS. The Morgan fingerprint density at radius 2 is 2.15 bits per heavy atom. The van der Waals surface area contributed by atoms with E-state index in [1.807, 2.05) is 35.2 Å². The molecule has 1 atom stereocenters. The molecule has 2 aromatic rings. The summed E-state index contributed by atoms with van der Waals surface area (Å²) in [7, 11) is 0. The molecule has 0 spiro atoms. The summed E-state index contributed by atoms with van der Waals surface area (Å²) in [4.78, 5) is 20.6. The van der Waals surface area contributed by atoms with E-state index in [1.54, 1.807) is 17.5 Å². The number of nitrogens with zero attached hydrogens (tertiary/aromatic N) is 2. The van der Waals surface area contributed by atoms with Crippen LogP contribution in [0.15, 0.2) is 36.5 Å². The normalized spacial score (nSPS) is 17.2. The zero-order valence-corrected chi connectivity index (χ0v) is 17.1. The predicted molar refractivity (Wildman–Crippen MR) is 110 cm³/mol.